The number of unbranched alkanes of at least 4 members (excludes halogenated alkanes) is 2. The summed E-state index contributed by atoms with van der Waals surface area (Å²) in [5.74, 6) is -2.01. The summed E-state index contributed by atoms with van der Waals surface area (Å²) in [4.78, 5) is 12.0. The summed E-state index contributed by atoms with van der Waals surface area (Å²) in [6.07, 6.45) is 12.2. The third-order valence-electron chi connectivity index (χ3n) is 7.84. The topological polar surface area (TPSA) is 85.2 Å². The number of benzene rings is 1. The van der Waals surface area contributed by atoms with Crippen molar-refractivity contribution >= 4 is 5.97 Å². The predicted octanol–water partition coefficient (Wildman–Crippen LogP) is 5.50. The molecule has 3 atom stereocenters. The van der Waals surface area contributed by atoms with Gasteiger partial charge in [-0.05, 0) is 37.3 Å². The molecule has 0 radical (unpaired) electrons. The van der Waals surface area contributed by atoms with Crippen LogP contribution in [0.5, 0.6) is 11.5 Å². The number of carboxylic acid groups (broad SMARTS) is 1. The van der Waals surface area contributed by atoms with E-state index < -0.39 is 11.8 Å². The number of ether oxygens (including phenoxy) is 3. The van der Waals surface area contributed by atoms with E-state index in [1.807, 2.05) is 0 Å². The highest BCUT2D eigenvalue weighted by atomic mass is 16.7. The van der Waals surface area contributed by atoms with E-state index in [9.17, 15) is 15.0 Å². The number of rotatable bonds is 5. The quantitative estimate of drug-likeness (QED) is 0.600. The van der Waals surface area contributed by atoms with Crippen LogP contribution in [-0.4, -0.2) is 34.7 Å². The Morgan fingerprint density at radius 1 is 1.23 bits per heavy atom. The van der Waals surface area contributed by atoms with Gasteiger partial charge in [-0.2, -0.15) is 0 Å². The molecule has 31 heavy (non-hydrogen) atoms. The van der Waals surface area contributed by atoms with E-state index in [1.165, 1.54) is 25.7 Å². The Morgan fingerprint density at radius 3 is 2.77 bits per heavy atom. The number of aromatic carboxylic acids is 1. The Balaban J connectivity index is 1.51. The number of phenols is 1. The molecule has 0 aromatic heterocycles. The third-order valence-corrected chi connectivity index (χ3v) is 7.84. The molecule has 1 aliphatic carbocycles. The van der Waals surface area contributed by atoms with Crippen molar-refractivity contribution < 1.29 is 29.2 Å². The molecule has 3 aliphatic heterocycles. The molecule has 3 heterocycles. The number of carbonyl (C=O) groups is 1. The zero-order valence-corrected chi connectivity index (χ0v) is 18.5. The Labute approximate surface area is 183 Å². The summed E-state index contributed by atoms with van der Waals surface area (Å²) in [6.45, 7) is 2.85. The fraction of sp³-hybridized carbons (Fsp3) is 0.720. The van der Waals surface area contributed by atoms with Gasteiger partial charge >= 0.3 is 5.97 Å². The van der Waals surface area contributed by atoms with Gasteiger partial charge in [0.1, 0.15) is 17.1 Å². The molecule has 1 saturated carbocycles. The van der Waals surface area contributed by atoms with Gasteiger partial charge in [-0.3, -0.25) is 0 Å². The van der Waals surface area contributed by atoms with Crippen LogP contribution in [0.25, 0.3) is 0 Å². The van der Waals surface area contributed by atoms with Gasteiger partial charge in [0.25, 0.3) is 0 Å². The minimum Gasteiger partial charge on any atom is -0.507 e. The fourth-order valence-electron chi connectivity index (χ4n) is 6.37. The van der Waals surface area contributed by atoms with Crippen molar-refractivity contribution in [1.82, 2.24) is 0 Å². The lowest BCUT2D eigenvalue weighted by Gasteiger charge is -2.44. The lowest BCUT2D eigenvalue weighted by Crippen LogP contribution is -2.45. The first-order valence-corrected chi connectivity index (χ1v) is 12.0. The van der Waals surface area contributed by atoms with Crippen LogP contribution in [0.4, 0.5) is 0 Å². The number of carboxylic acids is 1. The van der Waals surface area contributed by atoms with E-state index in [2.05, 4.69) is 6.92 Å². The van der Waals surface area contributed by atoms with Crippen LogP contribution in [0.1, 0.15) is 105 Å². The van der Waals surface area contributed by atoms with Gasteiger partial charge in [0, 0.05) is 23.8 Å². The van der Waals surface area contributed by atoms with E-state index in [0.717, 1.165) is 49.7 Å². The molecule has 1 aromatic carbocycles. The molecule has 2 fully saturated rings. The maximum absolute atomic E-state index is 12.0. The molecule has 4 aliphatic rings. The van der Waals surface area contributed by atoms with Crippen molar-refractivity contribution in [2.45, 2.75) is 102 Å². The fourth-order valence-corrected chi connectivity index (χ4v) is 6.37. The maximum Gasteiger partial charge on any atom is 0.343 e. The second-order valence-corrected chi connectivity index (χ2v) is 10.2. The first-order chi connectivity index (χ1) is 14.9. The lowest BCUT2D eigenvalue weighted by atomic mass is 9.71. The summed E-state index contributed by atoms with van der Waals surface area (Å²) in [5.41, 5.74) is 1.72. The summed E-state index contributed by atoms with van der Waals surface area (Å²) < 4.78 is 19.3. The third kappa shape index (κ3) is 3.72. The molecule has 0 amide bonds. The molecular weight excluding hydrogens is 396 g/mol. The van der Waals surface area contributed by atoms with Gasteiger partial charge in [-0.15, -0.1) is 0 Å². The van der Waals surface area contributed by atoms with Crippen molar-refractivity contribution in [1.29, 1.82) is 0 Å². The molecule has 5 rings (SSSR count). The molecule has 1 saturated heterocycles. The Bertz CT molecular complexity index is 858. The summed E-state index contributed by atoms with van der Waals surface area (Å²) in [5, 5.41) is 20.4. The molecule has 2 N–H and O–H groups in total. The van der Waals surface area contributed by atoms with Crippen molar-refractivity contribution in [2.24, 2.45) is 5.41 Å². The van der Waals surface area contributed by atoms with Crippen molar-refractivity contribution in [2.75, 3.05) is 6.61 Å². The number of hydrogen-bond donors (Lipinski definition) is 2. The van der Waals surface area contributed by atoms with Crippen LogP contribution in [0.15, 0.2) is 6.07 Å². The summed E-state index contributed by atoms with van der Waals surface area (Å²) in [6, 6.07) is 1.62. The second-order valence-electron chi connectivity index (χ2n) is 10.2. The van der Waals surface area contributed by atoms with Gasteiger partial charge in [-0.1, -0.05) is 45.4 Å². The Kier molecular flexibility index (Phi) is 5.41. The summed E-state index contributed by atoms with van der Waals surface area (Å²) >= 11 is 0. The average Bonchev–Trinajstić information content (AvgIpc) is 3.04. The zero-order valence-electron chi connectivity index (χ0n) is 18.5. The highest BCUT2D eigenvalue weighted by Gasteiger charge is 2.56. The predicted molar refractivity (Wildman–Crippen MR) is 115 cm³/mol. The van der Waals surface area contributed by atoms with Crippen LogP contribution in [0.2, 0.25) is 0 Å². The largest absolute Gasteiger partial charge is 0.507 e. The van der Waals surface area contributed by atoms with Crippen molar-refractivity contribution in [3.8, 4) is 11.5 Å². The highest BCUT2D eigenvalue weighted by molar-refractivity contribution is 5.95. The first kappa shape index (κ1) is 21.1. The van der Waals surface area contributed by atoms with Crippen molar-refractivity contribution in [3.63, 3.8) is 0 Å². The molecule has 6 nitrogen and oxygen atoms in total. The SMILES string of the molecule is CCCCCC1Cc2cc(O)c(C(=O)O)c3c2C(CC2(CC4(CCCCC4)CO2)O3)O1. The van der Waals surface area contributed by atoms with E-state index in [-0.39, 0.29) is 34.7 Å². The highest BCUT2D eigenvalue weighted by Crippen LogP contribution is 2.58. The van der Waals surface area contributed by atoms with Gasteiger partial charge in [-0.25, -0.2) is 4.79 Å². The van der Waals surface area contributed by atoms with Crippen LogP contribution >= 0.6 is 0 Å². The molecule has 6 heteroatoms. The van der Waals surface area contributed by atoms with Crippen molar-refractivity contribution in [3.05, 3.63) is 22.8 Å². The van der Waals surface area contributed by atoms with Gasteiger partial charge in [0.2, 0.25) is 5.79 Å². The second kappa shape index (κ2) is 7.96. The normalized spacial score (nSPS) is 30.9. The first-order valence-electron chi connectivity index (χ1n) is 12.0. The lowest BCUT2D eigenvalue weighted by molar-refractivity contribution is -0.197. The molecule has 0 bridgehead atoms. The van der Waals surface area contributed by atoms with Gasteiger partial charge < -0.3 is 24.4 Å². The van der Waals surface area contributed by atoms with Crippen LogP contribution in [0, 0.1) is 5.41 Å². The monoisotopic (exact) mass is 430 g/mol. The molecule has 3 unspecified atom stereocenters. The molecule has 1 aromatic rings. The molecule has 2 spiro atoms. The smallest absolute Gasteiger partial charge is 0.343 e. The standard InChI is InChI=1S/C25H34O6/c1-2-3-5-8-17-11-16-12-18(26)21(23(27)28)22-20(16)19(30-17)13-25(31-22)14-24(15-29-25)9-6-4-7-10-24/h12,17,19,26H,2-11,13-15H2,1H3,(H,27,28). The summed E-state index contributed by atoms with van der Waals surface area (Å²) in [7, 11) is 0. The van der Waals surface area contributed by atoms with Crippen LogP contribution in [0.3, 0.4) is 0 Å². The van der Waals surface area contributed by atoms with E-state index in [1.54, 1.807) is 6.07 Å². The van der Waals surface area contributed by atoms with Gasteiger partial charge in [0.05, 0.1) is 18.8 Å². The van der Waals surface area contributed by atoms with E-state index in [0.29, 0.717) is 19.4 Å². The van der Waals surface area contributed by atoms with E-state index in [4.69, 9.17) is 14.2 Å². The number of hydrogen-bond acceptors (Lipinski definition) is 5. The minimum atomic E-state index is -1.18. The van der Waals surface area contributed by atoms with E-state index >= 15 is 0 Å². The number of aromatic hydroxyl groups is 1. The van der Waals surface area contributed by atoms with Crippen LogP contribution < -0.4 is 4.74 Å². The Hall–Kier alpha value is -1.79. The molecular formula is C25H34O6. The average molecular weight is 431 g/mol. The minimum absolute atomic E-state index is 0.0761. The van der Waals surface area contributed by atoms with Crippen LogP contribution in [-0.2, 0) is 15.9 Å². The Morgan fingerprint density at radius 2 is 2.03 bits per heavy atom. The van der Waals surface area contributed by atoms with Gasteiger partial charge in [0.15, 0.2) is 0 Å². The zero-order chi connectivity index (χ0) is 21.6. The molecule has 170 valence electrons. The maximum atomic E-state index is 12.0.